The van der Waals surface area contributed by atoms with E-state index < -0.39 is 0 Å². The number of hydrogen-bond donors (Lipinski definition) is 3. The van der Waals surface area contributed by atoms with Crippen LogP contribution in [-0.4, -0.2) is 26.5 Å². The standard InChI is InChI=1S/C18H15N7O/c1-12-6-8-14(9-7-12)21-18(26)15-4-2-3-5-16(15)20-11-13(10-19)17-22-24-25-23-17/h2-9,11,20H,1H3,(H,21,26)(H,22,23,24,25). The second kappa shape index (κ2) is 7.72. The number of allylic oxidation sites excluding steroid dienone is 1. The summed E-state index contributed by atoms with van der Waals surface area (Å²) in [6.07, 6.45) is 1.43. The molecule has 128 valence electrons. The third-order valence-electron chi connectivity index (χ3n) is 3.56. The number of benzene rings is 2. The first kappa shape index (κ1) is 16.9. The van der Waals surface area contributed by atoms with Crippen molar-refractivity contribution in [2.45, 2.75) is 6.92 Å². The molecule has 3 rings (SSSR count). The van der Waals surface area contributed by atoms with Crippen LogP contribution in [0.5, 0.6) is 0 Å². The molecule has 0 aliphatic rings. The maximum atomic E-state index is 12.6. The lowest BCUT2D eigenvalue weighted by Gasteiger charge is -2.10. The first-order valence-electron chi connectivity index (χ1n) is 7.75. The zero-order chi connectivity index (χ0) is 18.4. The summed E-state index contributed by atoms with van der Waals surface area (Å²) in [4.78, 5) is 12.6. The Morgan fingerprint density at radius 2 is 1.96 bits per heavy atom. The Balaban J connectivity index is 1.80. The molecule has 0 unspecified atom stereocenters. The Bertz CT molecular complexity index is 970. The fourth-order valence-electron chi connectivity index (χ4n) is 2.21. The number of aryl methyl sites for hydroxylation is 1. The van der Waals surface area contributed by atoms with E-state index in [2.05, 4.69) is 31.3 Å². The maximum absolute atomic E-state index is 12.6. The number of hydrogen-bond acceptors (Lipinski definition) is 6. The number of aromatic amines is 1. The highest BCUT2D eigenvalue weighted by Crippen LogP contribution is 2.19. The normalized spacial score (nSPS) is 10.8. The fraction of sp³-hybridized carbons (Fsp3) is 0.0556. The van der Waals surface area contributed by atoms with Gasteiger partial charge in [0.1, 0.15) is 11.6 Å². The van der Waals surface area contributed by atoms with E-state index in [0.717, 1.165) is 5.56 Å². The van der Waals surface area contributed by atoms with E-state index in [0.29, 0.717) is 16.9 Å². The summed E-state index contributed by atoms with van der Waals surface area (Å²) in [5, 5.41) is 28.3. The molecule has 2 aromatic carbocycles. The van der Waals surface area contributed by atoms with Gasteiger partial charge in [0.05, 0.1) is 11.3 Å². The number of tetrazole rings is 1. The zero-order valence-corrected chi connectivity index (χ0v) is 13.9. The summed E-state index contributed by atoms with van der Waals surface area (Å²) < 4.78 is 0. The lowest BCUT2D eigenvalue weighted by atomic mass is 10.1. The van der Waals surface area contributed by atoms with Crippen LogP contribution in [-0.2, 0) is 0 Å². The van der Waals surface area contributed by atoms with E-state index in [4.69, 9.17) is 0 Å². The number of carbonyl (C=O) groups is 1. The predicted molar refractivity (Wildman–Crippen MR) is 97.0 cm³/mol. The topological polar surface area (TPSA) is 119 Å². The van der Waals surface area contributed by atoms with Gasteiger partial charge in [0.2, 0.25) is 5.82 Å². The van der Waals surface area contributed by atoms with E-state index in [-0.39, 0.29) is 17.3 Å². The molecule has 0 saturated carbocycles. The van der Waals surface area contributed by atoms with Crippen LogP contribution in [0.4, 0.5) is 11.4 Å². The summed E-state index contributed by atoms with van der Waals surface area (Å²) in [6, 6.07) is 16.5. The molecule has 3 aromatic rings. The number of carbonyl (C=O) groups excluding carboxylic acids is 1. The molecule has 0 radical (unpaired) electrons. The molecule has 0 spiro atoms. The largest absolute Gasteiger partial charge is 0.360 e. The molecule has 0 fully saturated rings. The second-order valence-electron chi connectivity index (χ2n) is 5.42. The number of nitrogens with zero attached hydrogens (tertiary/aromatic N) is 4. The Kier molecular flexibility index (Phi) is 5.00. The number of rotatable bonds is 5. The third-order valence-corrected chi connectivity index (χ3v) is 3.56. The Labute approximate surface area is 149 Å². The Morgan fingerprint density at radius 1 is 1.19 bits per heavy atom. The second-order valence-corrected chi connectivity index (χ2v) is 5.42. The number of para-hydroxylation sites is 1. The van der Waals surface area contributed by atoms with Gasteiger partial charge in [-0.1, -0.05) is 29.8 Å². The van der Waals surface area contributed by atoms with Gasteiger partial charge < -0.3 is 10.6 Å². The summed E-state index contributed by atoms with van der Waals surface area (Å²) in [7, 11) is 0. The minimum atomic E-state index is -0.261. The smallest absolute Gasteiger partial charge is 0.257 e. The van der Waals surface area contributed by atoms with E-state index in [1.165, 1.54) is 6.20 Å². The number of nitrogens with one attached hydrogen (secondary N) is 3. The van der Waals surface area contributed by atoms with Crippen LogP contribution in [0.2, 0.25) is 0 Å². The van der Waals surface area contributed by atoms with Crippen LogP contribution in [0.3, 0.4) is 0 Å². The highest BCUT2D eigenvalue weighted by Gasteiger charge is 2.12. The van der Waals surface area contributed by atoms with Gasteiger partial charge in [0.15, 0.2) is 0 Å². The van der Waals surface area contributed by atoms with Gasteiger partial charge in [-0.15, -0.1) is 10.2 Å². The van der Waals surface area contributed by atoms with Crippen molar-refractivity contribution in [3.05, 3.63) is 71.7 Å². The Hall–Kier alpha value is -3.99. The fourth-order valence-corrected chi connectivity index (χ4v) is 2.21. The van der Waals surface area contributed by atoms with Crippen LogP contribution in [0.1, 0.15) is 21.7 Å². The predicted octanol–water partition coefficient (Wildman–Crippen LogP) is 2.74. The van der Waals surface area contributed by atoms with Gasteiger partial charge in [-0.2, -0.15) is 10.5 Å². The van der Waals surface area contributed by atoms with Crippen molar-refractivity contribution >= 4 is 22.9 Å². The van der Waals surface area contributed by atoms with Gasteiger partial charge in [0, 0.05) is 11.9 Å². The molecule has 0 aliphatic heterocycles. The van der Waals surface area contributed by atoms with Gasteiger partial charge >= 0.3 is 0 Å². The monoisotopic (exact) mass is 345 g/mol. The van der Waals surface area contributed by atoms with Crippen molar-refractivity contribution in [3.63, 3.8) is 0 Å². The van der Waals surface area contributed by atoms with Crippen molar-refractivity contribution < 1.29 is 4.79 Å². The first-order valence-corrected chi connectivity index (χ1v) is 7.75. The molecule has 1 heterocycles. The van der Waals surface area contributed by atoms with Crippen molar-refractivity contribution in [2.75, 3.05) is 10.6 Å². The summed E-state index contributed by atoms with van der Waals surface area (Å²) in [5.74, 6) is -0.0926. The van der Waals surface area contributed by atoms with Crippen LogP contribution in [0.15, 0.2) is 54.7 Å². The lowest BCUT2D eigenvalue weighted by Crippen LogP contribution is -2.13. The molecule has 0 bridgehead atoms. The van der Waals surface area contributed by atoms with E-state index in [1.807, 2.05) is 37.3 Å². The average Bonchev–Trinajstić information content (AvgIpc) is 3.19. The molecule has 0 aliphatic carbocycles. The molecule has 1 amide bonds. The third kappa shape index (κ3) is 3.91. The van der Waals surface area contributed by atoms with Crippen LogP contribution < -0.4 is 10.6 Å². The molecular weight excluding hydrogens is 330 g/mol. The van der Waals surface area contributed by atoms with Crippen molar-refractivity contribution in [1.82, 2.24) is 20.6 Å². The van der Waals surface area contributed by atoms with Gasteiger partial charge in [-0.3, -0.25) is 4.79 Å². The van der Waals surface area contributed by atoms with E-state index in [1.54, 1.807) is 24.3 Å². The number of amides is 1. The van der Waals surface area contributed by atoms with Gasteiger partial charge in [0.25, 0.3) is 5.91 Å². The molecule has 26 heavy (non-hydrogen) atoms. The number of H-pyrrole nitrogens is 1. The van der Waals surface area contributed by atoms with Crippen molar-refractivity contribution in [1.29, 1.82) is 5.26 Å². The molecular formula is C18H15N7O. The SMILES string of the molecule is Cc1ccc(NC(=O)c2ccccc2NC=C(C#N)c2nn[nH]n2)cc1. The zero-order valence-electron chi connectivity index (χ0n) is 13.9. The quantitative estimate of drug-likeness (QED) is 0.612. The summed E-state index contributed by atoms with van der Waals surface area (Å²) in [6.45, 7) is 1.98. The van der Waals surface area contributed by atoms with E-state index in [9.17, 15) is 10.1 Å². The van der Waals surface area contributed by atoms with Gasteiger partial charge in [-0.05, 0) is 36.4 Å². The van der Waals surface area contributed by atoms with Crippen molar-refractivity contribution in [3.8, 4) is 6.07 Å². The summed E-state index contributed by atoms with van der Waals surface area (Å²) in [5.41, 5.74) is 2.99. The molecule has 3 N–H and O–H groups in total. The van der Waals surface area contributed by atoms with E-state index >= 15 is 0 Å². The molecule has 8 nitrogen and oxygen atoms in total. The Morgan fingerprint density at radius 3 is 2.65 bits per heavy atom. The first-order chi connectivity index (χ1) is 12.7. The summed E-state index contributed by atoms with van der Waals surface area (Å²) >= 11 is 0. The minimum absolute atomic E-state index is 0.168. The number of nitriles is 1. The van der Waals surface area contributed by atoms with Crippen molar-refractivity contribution in [2.24, 2.45) is 0 Å². The van der Waals surface area contributed by atoms with Gasteiger partial charge in [-0.25, -0.2) is 0 Å². The maximum Gasteiger partial charge on any atom is 0.257 e. The van der Waals surface area contributed by atoms with Crippen LogP contribution in [0.25, 0.3) is 5.57 Å². The highest BCUT2D eigenvalue weighted by atomic mass is 16.1. The molecule has 0 saturated heterocycles. The number of anilines is 2. The molecule has 8 heteroatoms. The minimum Gasteiger partial charge on any atom is -0.360 e. The lowest BCUT2D eigenvalue weighted by molar-refractivity contribution is 0.102. The molecule has 1 aromatic heterocycles. The highest BCUT2D eigenvalue weighted by molar-refractivity contribution is 6.08. The average molecular weight is 345 g/mol. The van der Waals surface area contributed by atoms with Crippen LogP contribution in [0, 0.1) is 18.3 Å². The van der Waals surface area contributed by atoms with Crippen LogP contribution >= 0.6 is 0 Å². The molecule has 0 atom stereocenters. The number of aromatic nitrogens is 4.